The molecule has 0 aromatic heterocycles. The highest BCUT2D eigenvalue weighted by Crippen LogP contribution is 2.16. The van der Waals surface area contributed by atoms with Crippen LogP contribution in [0.5, 0.6) is 0 Å². The molecule has 0 heterocycles. The van der Waals surface area contributed by atoms with Crippen LogP contribution >= 0.6 is 0 Å². The molecule has 1 unspecified atom stereocenters. The lowest BCUT2D eigenvalue weighted by Crippen LogP contribution is -2.30. The van der Waals surface area contributed by atoms with Crippen molar-refractivity contribution < 1.29 is 28.6 Å². The zero-order valence-corrected chi connectivity index (χ0v) is 38.1. The van der Waals surface area contributed by atoms with Crippen molar-refractivity contribution >= 4 is 17.9 Å². The minimum absolute atomic E-state index is 0.0728. The highest BCUT2D eigenvalue weighted by molar-refractivity contribution is 5.71. The van der Waals surface area contributed by atoms with E-state index in [-0.39, 0.29) is 31.1 Å². The monoisotopic (exact) mass is 803 g/mol. The fourth-order valence-corrected chi connectivity index (χ4v) is 7.17. The van der Waals surface area contributed by atoms with E-state index in [4.69, 9.17) is 14.2 Å². The van der Waals surface area contributed by atoms with Gasteiger partial charge in [0.1, 0.15) is 13.2 Å². The molecule has 0 saturated carbocycles. The molecule has 0 amide bonds. The number of allylic oxidation sites excluding steroid dienone is 4. The Kier molecular flexibility index (Phi) is 44.9. The fourth-order valence-electron chi connectivity index (χ4n) is 7.17. The van der Waals surface area contributed by atoms with Crippen molar-refractivity contribution in [3.63, 3.8) is 0 Å². The predicted octanol–water partition coefficient (Wildman–Crippen LogP) is 16.0. The van der Waals surface area contributed by atoms with Crippen molar-refractivity contribution in [2.75, 3.05) is 13.2 Å². The summed E-state index contributed by atoms with van der Waals surface area (Å²) < 4.78 is 16.7. The van der Waals surface area contributed by atoms with Crippen LogP contribution in [-0.2, 0) is 28.6 Å². The Balaban J connectivity index is 4.27. The predicted molar refractivity (Wildman–Crippen MR) is 243 cm³/mol. The zero-order valence-electron chi connectivity index (χ0n) is 38.1. The minimum atomic E-state index is -0.771. The van der Waals surface area contributed by atoms with Crippen LogP contribution in [0.25, 0.3) is 0 Å². The van der Waals surface area contributed by atoms with Crippen LogP contribution < -0.4 is 0 Å². The summed E-state index contributed by atoms with van der Waals surface area (Å²) in [7, 11) is 0. The molecule has 0 aliphatic rings. The molecule has 0 aliphatic carbocycles. The second-order valence-electron chi connectivity index (χ2n) is 16.7. The molecule has 0 bridgehead atoms. The van der Waals surface area contributed by atoms with Gasteiger partial charge in [0, 0.05) is 19.3 Å². The molecule has 0 aliphatic heterocycles. The number of rotatable bonds is 45. The molecule has 0 N–H and O–H groups in total. The molecule has 1 atom stereocenters. The normalized spacial score (nSPS) is 12.1. The third kappa shape index (κ3) is 44.8. The first-order chi connectivity index (χ1) is 28.0. The van der Waals surface area contributed by atoms with E-state index in [9.17, 15) is 14.4 Å². The molecule has 0 rings (SSSR count). The van der Waals surface area contributed by atoms with Crippen LogP contribution in [0, 0.1) is 0 Å². The van der Waals surface area contributed by atoms with E-state index < -0.39 is 6.10 Å². The Bertz CT molecular complexity index is 927. The molecule has 0 aromatic rings. The van der Waals surface area contributed by atoms with Crippen molar-refractivity contribution in [1.82, 2.24) is 0 Å². The van der Waals surface area contributed by atoms with Gasteiger partial charge >= 0.3 is 17.9 Å². The lowest BCUT2D eigenvalue weighted by atomic mass is 10.0. The highest BCUT2D eigenvalue weighted by atomic mass is 16.6. The maximum absolute atomic E-state index is 12.7. The number of hydrogen-bond acceptors (Lipinski definition) is 6. The van der Waals surface area contributed by atoms with E-state index in [1.54, 1.807) is 0 Å². The summed E-state index contributed by atoms with van der Waals surface area (Å²) in [6.07, 6.45) is 51.7. The van der Waals surface area contributed by atoms with Gasteiger partial charge in [-0.2, -0.15) is 0 Å². The molecule has 6 nitrogen and oxygen atoms in total. The van der Waals surface area contributed by atoms with Crippen molar-refractivity contribution in [2.24, 2.45) is 0 Å². The Hall–Kier alpha value is -2.11. The molecule has 57 heavy (non-hydrogen) atoms. The van der Waals surface area contributed by atoms with Crippen molar-refractivity contribution in [1.29, 1.82) is 0 Å². The zero-order chi connectivity index (χ0) is 41.5. The summed E-state index contributed by atoms with van der Waals surface area (Å²) in [5.41, 5.74) is 0. The number of carbonyl (C=O) groups is 3. The summed E-state index contributed by atoms with van der Waals surface area (Å²) in [5, 5.41) is 0. The Labute approximate surface area is 353 Å². The molecule has 0 fully saturated rings. The summed E-state index contributed by atoms with van der Waals surface area (Å²) in [6, 6.07) is 0. The van der Waals surface area contributed by atoms with Crippen LogP contribution in [0.1, 0.15) is 265 Å². The second kappa shape index (κ2) is 46.6. The summed E-state index contributed by atoms with van der Waals surface area (Å²) >= 11 is 0. The van der Waals surface area contributed by atoms with Gasteiger partial charge in [0.25, 0.3) is 0 Å². The minimum Gasteiger partial charge on any atom is -0.462 e. The lowest BCUT2D eigenvalue weighted by Gasteiger charge is -2.18. The largest absolute Gasteiger partial charge is 0.462 e. The van der Waals surface area contributed by atoms with Gasteiger partial charge in [-0.25, -0.2) is 0 Å². The first kappa shape index (κ1) is 54.9. The van der Waals surface area contributed by atoms with Crippen LogP contribution in [0.4, 0.5) is 0 Å². The number of esters is 3. The molecular formula is C51H94O6. The summed E-state index contributed by atoms with van der Waals surface area (Å²) in [4.78, 5) is 37.8. The first-order valence-corrected chi connectivity index (χ1v) is 24.8. The van der Waals surface area contributed by atoms with Crippen molar-refractivity contribution in [3.8, 4) is 0 Å². The number of carbonyl (C=O) groups excluding carboxylic acids is 3. The smallest absolute Gasteiger partial charge is 0.306 e. The van der Waals surface area contributed by atoms with Crippen LogP contribution in [-0.4, -0.2) is 37.2 Å². The van der Waals surface area contributed by atoms with E-state index in [0.29, 0.717) is 19.3 Å². The van der Waals surface area contributed by atoms with Crippen LogP contribution in [0.15, 0.2) is 24.3 Å². The topological polar surface area (TPSA) is 78.9 Å². The highest BCUT2D eigenvalue weighted by Gasteiger charge is 2.19. The maximum atomic E-state index is 12.7. The lowest BCUT2D eigenvalue weighted by molar-refractivity contribution is -0.167. The molecule has 0 aromatic carbocycles. The third-order valence-electron chi connectivity index (χ3n) is 11.0. The molecule has 0 saturated heterocycles. The fraction of sp³-hybridized carbons (Fsp3) is 0.863. The van der Waals surface area contributed by atoms with Crippen LogP contribution in [0.3, 0.4) is 0 Å². The summed E-state index contributed by atoms with van der Waals surface area (Å²) in [6.45, 7) is 6.58. The number of hydrogen-bond donors (Lipinski definition) is 0. The maximum Gasteiger partial charge on any atom is 0.306 e. The van der Waals surface area contributed by atoms with Gasteiger partial charge in [0.15, 0.2) is 6.10 Å². The van der Waals surface area contributed by atoms with Crippen molar-refractivity contribution in [2.45, 2.75) is 271 Å². The van der Waals surface area contributed by atoms with Gasteiger partial charge < -0.3 is 14.2 Å². The van der Waals surface area contributed by atoms with E-state index in [1.165, 1.54) is 141 Å². The second-order valence-corrected chi connectivity index (χ2v) is 16.7. The van der Waals surface area contributed by atoms with E-state index in [1.807, 2.05) is 0 Å². The van der Waals surface area contributed by atoms with Gasteiger partial charge in [-0.05, 0) is 44.9 Å². The van der Waals surface area contributed by atoms with Crippen LogP contribution in [0.2, 0.25) is 0 Å². The SMILES string of the molecule is CCCC/C=C\C/C=C\CCCCCCCC(=O)OC(COC(=O)CCCCCCCCCC)COC(=O)CCCCCCCCCCCCCCCCCCC. The number of unbranched alkanes of at least 4 members (excludes halogenated alkanes) is 30. The summed E-state index contributed by atoms with van der Waals surface area (Å²) in [5.74, 6) is -0.881. The molecule has 0 radical (unpaired) electrons. The Morgan fingerprint density at radius 3 is 1.02 bits per heavy atom. The quantitative estimate of drug-likeness (QED) is 0.0264. The molecular weight excluding hydrogens is 709 g/mol. The molecule has 334 valence electrons. The van der Waals surface area contributed by atoms with Gasteiger partial charge in [-0.1, -0.05) is 225 Å². The van der Waals surface area contributed by atoms with Gasteiger partial charge in [-0.15, -0.1) is 0 Å². The average molecular weight is 803 g/mol. The third-order valence-corrected chi connectivity index (χ3v) is 11.0. The van der Waals surface area contributed by atoms with Gasteiger partial charge in [-0.3, -0.25) is 14.4 Å². The standard InChI is InChI=1S/C51H94O6/c1-4-7-10-13-16-19-21-23-25-26-27-29-30-32-35-38-41-44-50(53)56-47-48(46-55-49(52)43-40-37-34-18-15-12-9-6-3)57-51(54)45-42-39-36-33-31-28-24-22-20-17-14-11-8-5-2/h14,17,22,24,48H,4-13,15-16,18-21,23,25-47H2,1-3H3/b17-14-,24-22-. The van der Waals surface area contributed by atoms with E-state index >= 15 is 0 Å². The molecule has 0 spiro atoms. The Morgan fingerprint density at radius 1 is 0.351 bits per heavy atom. The number of ether oxygens (including phenoxy) is 3. The average Bonchev–Trinajstić information content (AvgIpc) is 3.21. The van der Waals surface area contributed by atoms with E-state index in [0.717, 1.165) is 83.5 Å². The Morgan fingerprint density at radius 2 is 0.649 bits per heavy atom. The van der Waals surface area contributed by atoms with Gasteiger partial charge in [0.05, 0.1) is 0 Å². The van der Waals surface area contributed by atoms with Crippen molar-refractivity contribution in [3.05, 3.63) is 24.3 Å². The first-order valence-electron chi connectivity index (χ1n) is 24.8. The van der Waals surface area contributed by atoms with Gasteiger partial charge in [0.2, 0.25) is 0 Å². The molecule has 6 heteroatoms. The van der Waals surface area contributed by atoms with E-state index in [2.05, 4.69) is 45.1 Å².